The Hall–Kier alpha value is -0.710. The molecule has 0 fully saturated rings. The van der Waals surface area contributed by atoms with Crippen LogP contribution in [0.25, 0.3) is 0 Å². The van der Waals surface area contributed by atoms with E-state index in [2.05, 4.69) is 20.9 Å². The monoisotopic (exact) mass is 329 g/mol. The number of halogens is 2. The fraction of sp³-hybridized carbons (Fsp3) is 0.167. The van der Waals surface area contributed by atoms with E-state index in [4.69, 9.17) is 11.6 Å². The minimum atomic E-state index is 0.0488. The van der Waals surface area contributed by atoms with Crippen molar-refractivity contribution in [3.8, 4) is 0 Å². The zero-order valence-electron chi connectivity index (χ0n) is 9.04. The van der Waals surface area contributed by atoms with Gasteiger partial charge in [-0.25, -0.2) is 4.98 Å². The Labute approximate surface area is 117 Å². The molecule has 88 valence electrons. The van der Waals surface area contributed by atoms with E-state index in [1.165, 1.54) is 0 Å². The molecule has 17 heavy (non-hydrogen) atoms. The number of carbonyl (C=O) groups excluding carboxylic acids is 1. The van der Waals surface area contributed by atoms with Crippen molar-refractivity contribution < 1.29 is 4.79 Å². The number of Topliss-reactive ketones (excluding diaryl/α,β-unsaturated/α-hetero) is 1. The van der Waals surface area contributed by atoms with Crippen molar-refractivity contribution in [2.45, 2.75) is 13.3 Å². The van der Waals surface area contributed by atoms with Gasteiger partial charge in [-0.15, -0.1) is 11.3 Å². The van der Waals surface area contributed by atoms with Crippen molar-refractivity contribution in [2.75, 3.05) is 0 Å². The van der Waals surface area contributed by atoms with Gasteiger partial charge in [0.05, 0.1) is 22.1 Å². The van der Waals surface area contributed by atoms with Gasteiger partial charge in [0.1, 0.15) is 0 Å². The quantitative estimate of drug-likeness (QED) is 0.786. The smallest absolute Gasteiger partial charge is 0.168 e. The van der Waals surface area contributed by atoms with Gasteiger partial charge < -0.3 is 0 Å². The number of carbonyl (C=O) groups is 1. The molecule has 0 saturated carbocycles. The zero-order chi connectivity index (χ0) is 12.4. The Kier molecular flexibility index (Phi) is 3.97. The van der Waals surface area contributed by atoms with Crippen LogP contribution < -0.4 is 0 Å². The van der Waals surface area contributed by atoms with Crippen LogP contribution in [0.15, 0.2) is 28.1 Å². The standard InChI is InChI=1S/C12H9BrClNOS/c1-7-15-9(6-17-7)5-12(16)8-2-3-11(14)10(13)4-8/h2-4,6H,5H2,1H3. The molecule has 0 bridgehead atoms. The van der Waals surface area contributed by atoms with Crippen LogP contribution >= 0.6 is 38.9 Å². The highest BCUT2D eigenvalue weighted by Crippen LogP contribution is 2.24. The predicted octanol–water partition coefficient (Wildman–Crippen LogP) is 4.29. The van der Waals surface area contributed by atoms with Crippen LogP contribution in [0.5, 0.6) is 0 Å². The molecule has 1 aromatic carbocycles. The first-order valence-corrected chi connectivity index (χ1v) is 7.00. The summed E-state index contributed by atoms with van der Waals surface area (Å²) in [5.41, 5.74) is 1.47. The van der Waals surface area contributed by atoms with Gasteiger partial charge in [-0.05, 0) is 41.1 Å². The molecule has 0 atom stereocenters. The molecule has 0 amide bonds. The summed E-state index contributed by atoms with van der Waals surface area (Å²) in [6.45, 7) is 1.93. The van der Waals surface area contributed by atoms with Gasteiger partial charge >= 0.3 is 0 Å². The molecule has 0 N–H and O–H groups in total. The highest BCUT2D eigenvalue weighted by atomic mass is 79.9. The molecule has 2 aromatic rings. The highest BCUT2D eigenvalue weighted by Gasteiger charge is 2.10. The fourth-order valence-electron chi connectivity index (χ4n) is 1.43. The van der Waals surface area contributed by atoms with Crippen LogP contribution in [0.1, 0.15) is 21.1 Å². The van der Waals surface area contributed by atoms with E-state index in [1.807, 2.05) is 12.3 Å². The Morgan fingerprint density at radius 2 is 2.29 bits per heavy atom. The number of aromatic nitrogens is 1. The topological polar surface area (TPSA) is 30.0 Å². The lowest BCUT2D eigenvalue weighted by atomic mass is 10.1. The lowest BCUT2D eigenvalue weighted by Gasteiger charge is -2.01. The first kappa shape index (κ1) is 12.7. The van der Waals surface area contributed by atoms with E-state index in [9.17, 15) is 4.79 Å². The van der Waals surface area contributed by atoms with Gasteiger partial charge in [0.25, 0.3) is 0 Å². The Bertz CT molecular complexity index is 567. The van der Waals surface area contributed by atoms with Crippen LogP contribution in [0, 0.1) is 6.92 Å². The summed E-state index contributed by atoms with van der Waals surface area (Å²) < 4.78 is 0.736. The van der Waals surface area contributed by atoms with Gasteiger partial charge in [0.15, 0.2) is 5.78 Å². The number of thiazole rings is 1. The molecule has 0 saturated heterocycles. The van der Waals surface area contributed by atoms with E-state index in [0.717, 1.165) is 15.2 Å². The molecular formula is C12H9BrClNOS. The summed E-state index contributed by atoms with van der Waals surface area (Å²) >= 11 is 10.7. The highest BCUT2D eigenvalue weighted by molar-refractivity contribution is 9.10. The molecule has 0 aliphatic heterocycles. The third-order valence-electron chi connectivity index (χ3n) is 2.25. The lowest BCUT2D eigenvalue weighted by molar-refractivity contribution is 0.0992. The van der Waals surface area contributed by atoms with Crippen molar-refractivity contribution in [2.24, 2.45) is 0 Å². The minimum Gasteiger partial charge on any atom is -0.294 e. The van der Waals surface area contributed by atoms with Crippen LogP contribution in [-0.2, 0) is 6.42 Å². The summed E-state index contributed by atoms with van der Waals surface area (Å²) in [6.07, 6.45) is 0.332. The summed E-state index contributed by atoms with van der Waals surface area (Å²) in [5.74, 6) is 0.0488. The van der Waals surface area contributed by atoms with E-state index in [1.54, 1.807) is 29.5 Å². The largest absolute Gasteiger partial charge is 0.294 e. The second kappa shape index (κ2) is 5.29. The van der Waals surface area contributed by atoms with Crippen molar-refractivity contribution in [1.82, 2.24) is 4.98 Å². The summed E-state index contributed by atoms with van der Waals surface area (Å²) in [6, 6.07) is 5.18. The maximum atomic E-state index is 12.0. The molecule has 0 unspecified atom stereocenters. The van der Waals surface area contributed by atoms with Gasteiger partial charge in [-0.2, -0.15) is 0 Å². The average molecular weight is 331 g/mol. The number of hydrogen-bond donors (Lipinski definition) is 0. The second-order valence-corrected chi connectivity index (χ2v) is 5.91. The van der Waals surface area contributed by atoms with E-state index in [0.29, 0.717) is 17.0 Å². The minimum absolute atomic E-state index is 0.0488. The van der Waals surface area contributed by atoms with Gasteiger partial charge in [-0.3, -0.25) is 4.79 Å². The third kappa shape index (κ3) is 3.15. The SMILES string of the molecule is Cc1nc(CC(=O)c2ccc(Cl)c(Br)c2)cs1. The molecule has 2 nitrogen and oxygen atoms in total. The number of nitrogens with zero attached hydrogens (tertiary/aromatic N) is 1. The fourth-order valence-corrected chi connectivity index (χ4v) is 2.53. The summed E-state index contributed by atoms with van der Waals surface area (Å²) in [7, 11) is 0. The van der Waals surface area contributed by atoms with Gasteiger partial charge in [-0.1, -0.05) is 11.6 Å². The summed E-state index contributed by atoms with van der Waals surface area (Å²) in [4.78, 5) is 16.3. The van der Waals surface area contributed by atoms with Crippen LogP contribution in [0.4, 0.5) is 0 Å². The zero-order valence-corrected chi connectivity index (χ0v) is 12.2. The number of ketones is 1. The second-order valence-electron chi connectivity index (χ2n) is 3.59. The van der Waals surface area contributed by atoms with E-state index < -0.39 is 0 Å². The first-order chi connectivity index (χ1) is 8.06. The predicted molar refractivity (Wildman–Crippen MR) is 74.0 cm³/mol. The van der Waals surface area contributed by atoms with Crippen molar-refractivity contribution in [3.63, 3.8) is 0 Å². The molecule has 1 heterocycles. The first-order valence-electron chi connectivity index (χ1n) is 4.95. The maximum Gasteiger partial charge on any atom is 0.168 e. The Morgan fingerprint density at radius 1 is 1.53 bits per heavy atom. The molecule has 2 rings (SSSR count). The van der Waals surface area contributed by atoms with Crippen molar-refractivity contribution >= 4 is 44.7 Å². The van der Waals surface area contributed by atoms with Crippen molar-refractivity contribution in [1.29, 1.82) is 0 Å². The number of hydrogen-bond acceptors (Lipinski definition) is 3. The maximum absolute atomic E-state index is 12.0. The molecule has 0 aliphatic carbocycles. The van der Waals surface area contributed by atoms with Crippen LogP contribution in [0.3, 0.4) is 0 Å². The Morgan fingerprint density at radius 3 is 2.88 bits per heavy atom. The van der Waals surface area contributed by atoms with E-state index in [-0.39, 0.29) is 5.78 Å². The normalized spacial score (nSPS) is 10.5. The summed E-state index contributed by atoms with van der Waals surface area (Å²) in [5, 5.41) is 3.49. The number of benzene rings is 1. The third-order valence-corrected chi connectivity index (χ3v) is 4.29. The Balaban J connectivity index is 2.17. The number of aryl methyl sites for hydroxylation is 1. The number of rotatable bonds is 3. The van der Waals surface area contributed by atoms with Gasteiger partial charge in [0, 0.05) is 15.4 Å². The molecule has 0 radical (unpaired) electrons. The van der Waals surface area contributed by atoms with E-state index >= 15 is 0 Å². The molecule has 0 spiro atoms. The van der Waals surface area contributed by atoms with Gasteiger partial charge in [0.2, 0.25) is 0 Å². The average Bonchev–Trinajstić information content (AvgIpc) is 2.68. The molecule has 5 heteroatoms. The van der Waals surface area contributed by atoms with Crippen LogP contribution in [-0.4, -0.2) is 10.8 Å². The molecular weight excluding hydrogens is 322 g/mol. The molecule has 0 aliphatic rings. The molecule has 1 aromatic heterocycles. The van der Waals surface area contributed by atoms with Crippen molar-refractivity contribution in [3.05, 3.63) is 49.3 Å². The lowest BCUT2D eigenvalue weighted by Crippen LogP contribution is -2.03. The van der Waals surface area contributed by atoms with Crippen LogP contribution in [0.2, 0.25) is 5.02 Å².